The molecule has 4 heteroatoms. The molecule has 1 aromatic rings. The molecule has 82 valence electrons. The molecule has 0 aliphatic heterocycles. The van der Waals surface area contributed by atoms with Crippen molar-refractivity contribution in [2.24, 2.45) is 0 Å². The Labute approximate surface area is 88.8 Å². The molecule has 0 saturated heterocycles. The van der Waals surface area contributed by atoms with E-state index in [0.29, 0.717) is 12.1 Å². The van der Waals surface area contributed by atoms with Crippen LogP contribution in [-0.4, -0.2) is 41.2 Å². The Morgan fingerprint density at radius 1 is 1.40 bits per heavy atom. The maximum atomic E-state index is 11.6. The Kier molecular flexibility index (Phi) is 4.12. The summed E-state index contributed by atoms with van der Waals surface area (Å²) in [6.07, 6.45) is 0.156. The summed E-state index contributed by atoms with van der Waals surface area (Å²) >= 11 is 0. The molecule has 0 radical (unpaired) electrons. The summed E-state index contributed by atoms with van der Waals surface area (Å²) in [6.45, 7) is 0.259. The number of amides is 1. The van der Waals surface area contributed by atoms with Gasteiger partial charge in [0, 0.05) is 19.2 Å². The molecule has 0 saturated carbocycles. The minimum atomic E-state index is -0.120. The number of aliphatic hydroxyl groups is 1. The van der Waals surface area contributed by atoms with E-state index >= 15 is 0 Å². The number of aromatic hydroxyl groups is 1. The van der Waals surface area contributed by atoms with Crippen LogP contribution >= 0.6 is 0 Å². The van der Waals surface area contributed by atoms with Gasteiger partial charge >= 0.3 is 0 Å². The van der Waals surface area contributed by atoms with E-state index < -0.39 is 0 Å². The quantitative estimate of drug-likeness (QED) is 0.754. The lowest BCUT2D eigenvalue weighted by atomic mass is 10.1. The molecule has 1 rings (SSSR count). The fourth-order valence-corrected chi connectivity index (χ4v) is 1.23. The van der Waals surface area contributed by atoms with E-state index in [1.54, 1.807) is 31.3 Å². The zero-order valence-corrected chi connectivity index (χ0v) is 8.68. The molecule has 1 amide bonds. The zero-order valence-electron chi connectivity index (χ0n) is 8.68. The summed E-state index contributed by atoms with van der Waals surface area (Å²) in [5, 5.41) is 18.1. The number of phenols is 1. The molecule has 0 aliphatic carbocycles. The van der Waals surface area contributed by atoms with Crippen molar-refractivity contribution in [3.63, 3.8) is 0 Å². The number of hydrogen-bond donors (Lipinski definition) is 2. The van der Waals surface area contributed by atoms with Crippen LogP contribution in [0.25, 0.3) is 0 Å². The van der Waals surface area contributed by atoms with Crippen LogP contribution in [0.5, 0.6) is 5.75 Å². The topological polar surface area (TPSA) is 60.8 Å². The van der Waals surface area contributed by atoms with Crippen LogP contribution in [0.1, 0.15) is 5.56 Å². The summed E-state index contributed by atoms with van der Waals surface area (Å²) in [7, 11) is 1.62. The van der Waals surface area contributed by atoms with Gasteiger partial charge < -0.3 is 15.1 Å². The predicted molar refractivity (Wildman–Crippen MR) is 56.5 cm³/mol. The van der Waals surface area contributed by atoms with E-state index in [1.807, 2.05) is 0 Å². The third-order valence-corrected chi connectivity index (χ3v) is 2.19. The second-order valence-corrected chi connectivity index (χ2v) is 3.34. The van der Waals surface area contributed by atoms with Gasteiger partial charge in [-0.2, -0.15) is 0 Å². The summed E-state index contributed by atoms with van der Waals surface area (Å²) in [4.78, 5) is 13.0. The van der Waals surface area contributed by atoms with E-state index in [0.717, 1.165) is 0 Å². The third-order valence-electron chi connectivity index (χ3n) is 2.19. The van der Waals surface area contributed by atoms with Gasteiger partial charge in [0.2, 0.25) is 5.91 Å². The lowest BCUT2D eigenvalue weighted by molar-refractivity contribution is -0.129. The summed E-state index contributed by atoms with van der Waals surface area (Å²) in [6, 6.07) is 6.74. The van der Waals surface area contributed by atoms with E-state index in [9.17, 15) is 9.90 Å². The van der Waals surface area contributed by atoms with Crippen LogP contribution < -0.4 is 0 Å². The van der Waals surface area contributed by atoms with E-state index in [2.05, 4.69) is 0 Å². The molecule has 0 atom stereocenters. The van der Waals surface area contributed by atoms with Crippen LogP contribution in [-0.2, 0) is 11.2 Å². The van der Waals surface area contributed by atoms with E-state index in [4.69, 9.17) is 5.11 Å². The Balaban J connectivity index is 2.62. The van der Waals surface area contributed by atoms with Gasteiger partial charge in [-0.25, -0.2) is 0 Å². The standard InChI is InChI=1S/C11H15NO3/c1-12(6-7-13)11(15)8-9-4-2-3-5-10(9)14/h2-5,13-14H,6-8H2,1H3. The summed E-state index contributed by atoms with van der Waals surface area (Å²) in [5.41, 5.74) is 0.604. The number of carbonyl (C=O) groups excluding carboxylic acids is 1. The largest absolute Gasteiger partial charge is 0.508 e. The number of rotatable bonds is 4. The number of nitrogens with zero attached hydrogens (tertiary/aromatic N) is 1. The van der Waals surface area contributed by atoms with Crippen LogP contribution in [0.2, 0.25) is 0 Å². The highest BCUT2D eigenvalue weighted by Gasteiger charge is 2.10. The Bertz CT molecular complexity index is 338. The highest BCUT2D eigenvalue weighted by Crippen LogP contribution is 2.16. The average molecular weight is 209 g/mol. The van der Waals surface area contributed by atoms with Crippen LogP contribution in [0.4, 0.5) is 0 Å². The van der Waals surface area contributed by atoms with Gasteiger partial charge in [-0.05, 0) is 6.07 Å². The van der Waals surface area contributed by atoms with Gasteiger partial charge in [0.25, 0.3) is 0 Å². The number of likely N-dealkylation sites (N-methyl/N-ethyl adjacent to an activating group) is 1. The second-order valence-electron chi connectivity index (χ2n) is 3.34. The summed E-state index contributed by atoms with van der Waals surface area (Å²) in [5.74, 6) is 0.00815. The molecular weight excluding hydrogens is 194 g/mol. The van der Waals surface area contributed by atoms with Gasteiger partial charge in [0.05, 0.1) is 13.0 Å². The van der Waals surface area contributed by atoms with E-state index in [1.165, 1.54) is 4.90 Å². The molecule has 2 N–H and O–H groups in total. The van der Waals surface area contributed by atoms with Gasteiger partial charge in [-0.15, -0.1) is 0 Å². The van der Waals surface area contributed by atoms with Crippen molar-refractivity contribution >= 4 is 5.91 Å². The summed E-state index contributed by atoms with van der Waals surface area (Å²) < 4.78 is 0. The smallest absolute Gasteiger partial charge is 0.226 e. The lowest BCUT2D eigenvalue weighted by Crippen LogP contribution is -2.30. The molecule has 0 fully saturated rings. The van der Waals surface area contributed by atoms with Gasteiger partial charge in [-0.3, -0.25) is 4.79 Å². The minimum Gasteiger partial charge on any atom is -0.508 e. The molecule has 1 aromatic carbocycles. The fraction of sp³-hybridized carbons (Fsp3) is 0.364. The molecule has 0 spiro atoms. The first-order valence-corrected chi connectivity index (χ1v) is 4.77. The first kappa shape index (κ1) is 11.5. The average Bonchev–Trinajstić information content (AvgIpc) is 2.21. The first-order chi connectivity index (χ1) is 7.15. The fourth-order valence-electron chi connectivity index (χ4n) is 1.23. The molecule has 0 heterocycles. The Morgan fingerprint density at radius 3 is 2.67 bits per heavy atom. The zero-order chi connectivity index (χ0) is 11.3. The number of para-hydroxylation sites is 1. The maximum absolute atomic E-state index is 11.6. The maximum Gasteiger partial charge on any atom is 0.226 e. The Morgan fingerprint density at radius 2 is 2.07 bits per heavy atom. The predicted octanol–water partition coefficient (Wildman–Crippen LogP) is 0.385. The number of phenolic OH excluding ortho intramolecular Hbond substituents is 1. The number of hydrogen-bond acceptors (Lipinski definition) is 3. The molecule has 15 heavy (non-hydrogen) atoms. The van der Waals surface area contributed by atoms with Crippen LogP contribution in [0, 0.1) is 0 Å². The molecule has 0 aromatic heterocycles. The van der Waals surface area contributed by atoms with Crippen molar-refractivity contribution in [1.29, 1.82) is 0 Å². The number of carbonyl (C=O) groups is 1. The number of benzene rings is 1. The van der Waals surface area contributed by atoms with Crippen molar-refractivity contribution < 1.29 is 15.0 Å². The van der Waals surface area contributed by atoms with Gasteiger partial charge in [0.15, 0.2) is 0 Å². The monoisotopic (exact) mass is 209 g/mol. The molecular formula is C11H15NO3. The molecule has 0 aliphatic rings. The molecule has 0 bridgehead atoms. The first-order valence-electron chi connectivity index (χ1n) is 4.77. The van der Waals surface area contributed by atoms with Crippen molar-refractivity contribution in [3.8, 4) is 5.75 Å². The van der Waals surface area contributed by atoms with Crippen molar-refractivity contribution in [2.45, 2.75) is 6.42 Å². The van der Waals surface area contributed by atoms with Crippen molar-refractivity contribution in [3.05, 3.63) is 29.8 Å². The molecule has 0 unspecified atom stereocenters. The minimum absolute atomic E-state index is 0.0526. The Hall–Kier alpha value is -1.55. The highest BCUT2D eigenvalue weighted by atomic mass is 16.3. The van der Waals surface area contributed by atoms with E-state index in [-0.39, 0.29) is 24.7 Å². The van der Waals surface area contributed by atoms with Crippen LogP contribution in [0.15, 0.2) is 24.3 Å². The van der Waals surface area contributed by atoms with Gasteiger partial charge in [-0.1, -0.05) is 18.2 Å². The lowest BCUT2D eigenvalue weighted by Gasteiger charge is -2.15. The van der Waals surface area contributed by atoms with Gasteiger partial charge in [0.1, 0.15) is 5.75 Å². The van der Waals surface area contributed by atoms with Crippen molar-refractivity contribution in [1.82, 2.24) is 4.90 Å². The SMILES string of the molecule is CN(CCO)C(=O)Cc1ccccc1O. The normalized spacial score (nSPS) is 10.0. The molecule has 4 nitrogen and oxygen atoms in total. The second kappa shape index (κ2) is 5.36. The highest BCUT2D eigenvalue weighted by molar-refractivity contribution is 5.79. The van der Waals surface area contributed by atoms with Crippen molar-refractivity contribution in [2.75, 3.05) is 20.2 Å². The third kappa shape index (κ3) is 3.25. The number of aliphatic hydroxyl groups excluding tert-OH is 1. The van der Waals surface area contributed by atoms with Crippen LogP contribution in [0.3, 0.4) is 0 Å².